The van der Waals surface area contributed by atoms with Gasteiger partial charge in [0.1, 0.15) is 12.2 Å². The first kappa shape index (κ1) is 23.6. The third-order valence-electron chi connectivity index (χ3n) is 5.60. The summed E-state index contributed by atoms with van der Waals surface area (Å²) in [5.74, 6) is -1.52. The third kappa shape index (κ3) is 5.58. The molecule has 1 aromatic carbocycles. The predicted octanol–water partition coefficient (Wildman–Crippen LogP) is 4.68. The molecule has 0 spiro atoms. The fourth-order valence-electron chi connectivity index (χ4n) is 4.05. The van der Waals surface area contributed by atoms with Crippen LogP contribution in [0.25, 0.3) is 0 Å². The lowest BCUT2D eigenvalue weighted by Gasteiger charge is -2.24. The minimum atomic E-state index is -0.722. The maximum absolute atomic E-state index is 13.3. The molecule has 1 aliphatic carbocycles. The standard InChI is InChI=1S/C25H31NO6/c1-3-30-24(28)20-16-26(19-14-10-5-6-11-15-19)21(25(29)31-4-2)23(22(20)27)32-17-18-12-8-7-9-13-18/h7-9,12-13,16,19H,3-6,10-11,14-15,17H2,1-2H3. The molecule has 1 aromatic heterocycles. The van der Waals surface area contributed by atoms with E-state index in [1.807, 2.05) is 30.3 Å². The van der Waals surface area contributed by atoms with Crippen molar-refractivity contribution in [1.82, 2.24) is 4.57 Å². The smallest absolute Gasteiger partial charge is 0.359 e. The summed E-state index contributed by atoms with van der Waals surface area (Å²) in [6, 6.07) is 9.30. The van der Waals surface area contributed by atoms with Crippen LogP contribution in [0.1, 0.15) is 84.8 Å². The lowest BCUT2D eigenvalue weighted by Crippen LogP contribution is -2.29. The van der Waals surface area contributed by atoms with Crippen LogP contribution in [0.4, 0.5) is 0 Å². The number of aromatic nitrogens is 1. The van der Waals surface area contributed by atoms with Gasteiger partial charge in [-0.15, -0.1) is 0 Å². The summed E-state index contributed by atoms with van der Waals surface area (Å²) in [6.07, 6.45) is 7.40. The molecular formula is C25H31NO6. The number of pyridine rings is 1. The molecule has 1 heterocycles. The Morgan fingerprint density at radius 1 is 0.938 bits per heavy atom. The zero-order valence-corrected chi connectivity index (χ0v) is 18.8. The molecule has 7 heteroatoms. The van der Waals surface area contributed by atoms with Gasteiger partial charge in [0.15, 0.2) is 11.4 Å². The molecule has 1 aliphatic rings. The number of carbonyl (C=O) groups is 2. The Morgan fingerprint density at radius 2 is 1.56 bits per heavy atom. The molecule has 7 nitrogen and oxygen atoms in total. The topological polar surface area (TPSA) is 83.8 Å². The van der Waals surface area contributed by atoms with Crippen LogP contribution in [-0.2, 0) is 16.1 Å². The lowest BCUT2D eigenvalue weighted by molar-refractivity contribution is 0.0487. The van der Waals surface area contributed by atoms with Crippen molar-refractivity contribution < 1.29 is 23.8 Å². The van der Waals surface area contributed by atoms with Crippen molar-refractivity contribution in [2.75, 3.05) is 13.2 Å². The monoisotopic (exact) mass is 441 g/mol. The molecule has 0 N–H and O–H groups in total. The van der Waals surface area contributed by atoms with E-state index in [9.17, 15) is 14.4 Å². The fourth-order valence-corrected chi connectivity index (χ4v) is 4.05. The van der Waals surface area contributed by atoms with Gasteiger partial charge in [-0.2, -0.15) is 0 Å². The molecule has 32 heavy (non-hydrogen) atoms. The van der Waals surface area contributed by atoms with E-state index < -0.39 is 17.4 Å². The summed E-state index contributed by atoms with van der Waals surface area (Å²) < 4.78 is 18.0. The van der Waals surface area contributed by atoms with Gasteiger partial charge in [0.25, 0.3) is 0 Å². The number of hydrogen-bond acceptors (Lipinski definition) is 6. The van der Waals surface area contributed by atoms with Crippen LogP contribution in [0.2, 0.25) is 0 Å². The van der Waals surface area contributed by atoms with E-state index in [0.717, 1.165) is 44.1 Å². The Labute approximate surface area is 188 Å². The Morgan fingerprint density at radius 3 is 2.19 bits per heavy atom. The van der Waals surface area contributed by atoms with Crippen LogP contribution in [0.5, 0.6) is 5.75 Å². The molecule has 0 radical (unpaired) electrons. The van der Waals surface area contributed by atoms with Crippen LogP contribution >= 0.6 is 0 Å². The molecule has 1 saturated carbocycles. The van der Waals surface area contributed by atoms with Crippen molar-refractivity contribution in [1.29, 1.82) is 0 Å². The number of esters is 2. The van der Waals surface area contributed by atoms with Crippen molar-refractivity contribution in [3.05, 3.63) is 63.6 Å². The first-order valence-electron chi connectivity index (χ1n) is 11.4. The van der Waals surface area contributed by atoms with Crippen LogP contribution < -0.4 is 10.2 Å². The van der Waals surface area contributed by atoms with E-state index in [-0.39, 0.29) is 42.9 Å². The number of rotatable bonds is 8. The fraction of sp³-hybridized carbons (Fsp3) is 0.480. The Bertz CT molecular complexity index is 974. The lowest BCUT2D eigenvalue weighted by atomic mass is 10.1. The Hall–Kier alpha value is -3.09. The Balaban J connectivity index is 2.15. The van der Waals surface area contributed by atoms with Crippen molar-refractivity contribution in [2.24, 2.45) is 0 Å². The van der Waals surface area contributed by atoms with Gasteiger partial charge in [0.2, 0.25) is 5.43 Å². The SMILES string of the molecule is CCOC(=O)c1cn(C2CCCCCC2)c(C(=O)OCC)c(OCc2ccccc2)c1=O. The molecular weight excluding hydrogens is 410 g/mol. The van der Waals surface area contributed by atoms with Crippen molar-refractivity contribution in [2.45, 2.75) is 65.0 Å². The highest BCUT2D eigenvalue weighted by Crippen LogP contribution is 2.31. The van der Waals surface area contributed by atoms with Gasteiger partial charge in [-0.3, -0.25) is 4.79 Å². The normalized spacial score (nSPS) is 14.4. The second-order valence-electron chi connectivity index (χ2n) is 7.82. The molecule has 0 unspecified atom stereocenters. The van der Waals surface area contributed by atoms with Gasteiger partial charge < -0.3 is 18.8 Å². The van der Waals surface area contributed by atoms with Gasteiger partial charge in [-0.05, 0) is 32.3 Å². The van der Waals surface area contributed by atoms with Crippen molar-refractivity contribution in [3.63, 3.8) is 0 Å². The quantitative estimate of drug-likeness (QED) is 0.437. The van der Waals surface area contributed by atoms with Crippen molar-refractivity contribution in [3.8, 4) is 5.75 Å². The molecule has 3 rings (SSSR count). The number of hydrogen-bond donors (Lipinski definition) is 0. The molecule has 172 valence electrons. The van der Waals surface area contributed by atoms with E-state index >= 15 is 0 Å². The van der Waals surface area contributed by atoms with Crippen molar-refractivity contribution >= 4 is 11.9 Å². The highest BCUT2D eigenvalue weighted by molar-refractivity contribution is 5.94. The summed E-state index contributed by atoms with van der Waals surface area (Å²) in [5.41, 5.74) is 0.108. The number of ether oxygens (including phenoxy) is 3. The van der Waals surface area contributed by atoms with Gasteiger partial charge in [0, 0.05) is 12.2 Å². The average molecular weight is 442 g/mol. The maximum atomic E-state index is 13.3. The molecule has 1 fully saturated rings. The molecule has 0 amide bonds. The first-order valence-corrected chi connectivity index (χ1v) is 11.4. The molecule has 0 bridgehead atoms. The minimum absolute atomic E-state index is 0.0373. The summed E-state index contributed by atoms with van der Waals surface area (Å²) in [5, 5.41) is 0. The summed E-state index contributed by atoms with van der Waals surface area (Å²) in [7, 11) is 0. The highest BCUT2D eigenvalue weighted by Gasteiger charge is 2.30. The van der Waals surface area contributed by atoms with Crippen LogP contribution in [0.3, 0.4) is 0 Å². The first-order chi connectivity index (χ1) is 15.6. The minimum Gasteiger partial charge on any atom is -0.482 e. The van der Waals surface area contributed by atoms with E-state index in [4.69, 9.17) is 14.2 Å². The highest BCUT2D eigenvalue weighted by atomic mass is 16.5. The Kier molecular flexibility index (Phi) is 8.48. The molecule has 0 saturated heterocycles. The van der Waals surface area contributed by atoms with Crippen LogP contribution in [0, 0.1) is 0 Å². The van der Waals surface area contributed by atoms with Gasteiger partial charge in [0.05, 0.1) is 13.2 Å². The number of nitrogens with zero attached hydrogens (tertiary/aromatic N) is 1. The summed E-state index contributed by atoms with van der Waals surface area (Å²) >= 11 is 0. The van der Waals surface area contributed by atoms with Gasteiger partial charge in [-0.25, -0.2) is 9.59 Å². The molecule has 2 aromatic rings. The predicted molar refractivity (Wildman–Crippen MR) is 120 cm³/mol. The number of benzene rings is 1. The zero-order chi connectivity index (χ0) is 22.9. The maximum Gasteiger partial charge on any atom is 0.359 e. The van der Waals surface area contributed by atoms with E-state index in [1.54, 1.807) is 18.4 Å². The molecule has 0 atom stereocenters. The second-order valence-corrected chi connectivity index (χ2v) is 7.82. The summed E-state index contributed by atoms with van der Waals surface area (Å²) in [4.78, 5) is 38.9. The van der Waals surface area contributed by atoms with Crippen LogP contribution in [-0.4, -0.2) is 29.7 Å². The third-order valence-corrected chi connectivity index (χ3v) is 5.60. The zero-order valence-electron chi connectivity index (χ0n) is 18.8. The second kappa shape index (κ2) is 11.5. The van der Waals surface area contributed by atoms with E-state index in [0.29, 0.717) is 0 Å². The largest absolute Gasteiger partial charge is 0.482 e. The van der Waals surface area contributed by atoms with Gasteiger partial charge >= 0.3 is 11.9 Å². The van der Waals surface area contributed by atoms with Gasteiger partial charge in [-0.1, -0.05) is 56.0 Å². The van der Waals surface area contributed by atoms with Crippen LogP contribution in [0.15, 0.2) is 41.3 Å². The average Bonchev–Trinajstić information content (AvgIpc) is 3.08. The summed E-state index contributed by atoms with van der Waals surface area (Å²) in [6.45, 7) is 3.78. The van der Waals surface area contributed by atoms with E-state index in [1.165, 1.54) is 6.20 Å². The molecule has 0 aliphatic heterocycles. The number of carbonyl (C=O) groups excluding carboxylic acids is 2. The van der Waals surface area contributed by atoms with E-state index in [2.05, 4.69) is 0 Å².